The minimum Gasteiger partial charge on any atom is -0.477 e. The third kappa shape index (κ3) is 3.40. The van der Waals surface area contributed by atoms with Crippen molar-refractivity contribution >= 4 is 17.5 Å². The van der Waals surface area contributed by atoms with E-state index < -0.39 is 16.6 Å². The highest BCUT2D eigenvalue weighted by molar-refractivity contribution is 5.93. The minimum atomic E-state index is -1.34. The molecule has 0 aliphatic carbocycles. The van der Waals surface area contributed by atoms with Crippen LogP contribution < -0.4 is 5.32 Å². The van der Waals surface area contributed by atoms with Crippen LogP contribution >= 0.6 is 0 Å². The van der Waals surface area contributed by atoms with Gasteiger partial charge in [0.1, 0.15) is 17.6 Å². The van der Waals surface area contributed by atoms with Crippen LogP contribution in [0.25, 0.3) is 0 Å². The largest absolute Gasteiger partial charge is 0.477 e. The van der Waals surface area contributed by atoms with E-state index in [-0.39, 0.29) is 5.56 Å². The van der Waals surface area contributed by atoms with E-state index in [0.29, 0.717) is 18.3 Å². The van der Waals surface area contributed by atoms with Gasteiger partial charge in [0.2, 0.25) is 0 Å². The molecule has 0 radical (unpaired) electrons. The molecule has 1 heterocycles. The summed E-state index contributed by atoms with van der Waals surface area (Å²) >= 11 is 0. The minimum absolute atomic E-state index is 0.321. The maximum Gasteiger partial charge on any atom is 0.342 e. The number of hydrogen-bond donors (Lipinski definition) is 2. The second-order valence-corrected chi connectivity index (χ2v) is 3.92. The molecule has 7 nitrogen and oxygen atoms in total. The second-order valence-electron chi connectivity index (χ2n) is 3.92. The van der Waals surface area contributed by atoms with Gasteiger partial charge in [0, 0.05) is 12.6 Å². The van der Waals surface area contributed by atoms with Crippen molar-refractivity contribution in [2.24, 2.45) is 5.92 Å². The number of aromatic nitrogens is 1. The van der Waals surface area contributed by atoms with Crippen molar-refractivity contribution < 1.29 is 14.8 Å². The fourth-order valence-electron chi connectivity index (χ4n) is 1.17. The summed E-state index contributed by atoms with van der Waals surface area (Å²) in [5, 5.41) is 22.4. The average Bonchev–Trinajstić information content (AvgIpc) is 2.25. The topological polar surface area (TPSA) is 105 Å². The van der Waals surface area contributed by atoms with Crippen molar-refractivity contribution in [1.82, 2.24) is 4.98 Å². The fourth-order valence-corrected chi connectivity index (χ4v) is 1.17. The van der Waals surface area contributed by atoms with E-state index in [1.54, 1.807) is 0 Å². The van der Waals surface area contributed by atoms with Crippen molar-refractivity contribution in [3.63, 3.8) is 0 Å². The summed E-state index contributed by atoms with van der Waals surface area (Å²) in [6, 6.07) is 1.17. The lowest BCUT2D eigenvalue weighted by molar-refractivity contribution is -0.385. The Balaban J connectivity index is 3.02. The molecule has 0 unspecified atom stereocenters. The van der Waals surface area contributed by atoms with E-state index >= 15 is 0 Å². The van der Waals surface area contributed by atoms with Crippen molar-refractivity contribution in [3.05, 3.63) is 27.9 Å². The number of hydrogen-bond acceptors (Lipinski definition) is 5. The van der Waals surface area contributed by atoms with Gasteiger partial charge in [0.25, 0.3) is 0 Å². The molecular formula is C10H13N3O4. The van der Waals surface area contributed by atoms with Crippen molar-refractivity contribution in [3.8, 4) is 0 Å². The monoisotopic (exact) mass is 239 g/mol. The maximum absolute atomic E-state index is 10.9. The van der Waals surface area contributed by atoms with Gasteiger partial charge in [-0.3, -0.25) is 10.1 Å². The van der Waals surface area contributed by atoms with Crippen LogP contribution in [0.15, 0.2) is 12.3 Å². The number of pyridine rings is 1. The fraction of sp³-hybridized carbons (Fsp3) is 0.400. The zero-order chi connectivity index (χ0) is 13.0. The lowest BCUT2D eigenvalue weighted by Crippen LogP contribution is -2.11. The number of anilines is 1. The van der Waals surface area contributed by atoms with E-state index in [1.807, 2.05) is 13.8 Å². The summed E-state index contributed by atoms with van der Waals surface area (Å²) in [7, 11) is 0. The summed E-state index contributed by atoms with van der Waals surface area (Å²) in [5.74, 6) is -0.659. The molecule has 0 saturated carbocycles. The number of carbonyl (C=O) groups is 1. The van der Waals surface area contributed by atoms with Gasteiger partial charge >= 0.3 is 11.7 Å². The number of nitro groups is 1. The number of nitrogens with zero attached hydrogens (tertiary/aromatic N) is 2. The predicted octanol–water partition coefficient (Wildman–Crippen LogP) is 1.76. The number of rotatable bonds is 5. The van der Waals surface area contributed by atoms with Crippen LogP contribution in [0.1, 0.15) is 24.2 Å². The number of carboxylic acid groups (broad SMARTS) is 1. The molecule has 0 aromatic carbocycles. The van der Waals surface area contributed by atoms with Gasteiger partial charge in [0.15, 0.2) is 0 Å². The SMILES string of the molecule is CC(C)CNc1cc(C(=O)O)c([N+](=O)[O-])cn1. The first kappa shape index (κ1) is 12.9. The molecule has 0 saturated heterocycles. The Morgan fingerprint density at radius 1 is 1.65 bits per heavy atom. The molecule has 0 bridgehead atoms. The highest BCUT2D eigenvalue weighted by Crippen LogP contribution is 2.20. The van der Waals surface area contributed by atoms with Crippen LogP contribution in [0.3, 0.4) is 0 Å². The summed E-state index contributed by atoms with van der Waals surface area (Å²) in [6.07, 6.45) is 0.951. The molecule has 0 fully saturated rings. The molecule has 7 heteroatoms. The van der Waals surface area contributed by atoms with Gasteiger partial charge in [-0.05, 0) is 5.92 Å². The van der Waals surface area contributed by atoms with E-state index in [2.05, 4.69) is 10.3 Å². The van der Waals surface area contributed by atoms with Gasteiger partial charge in [-0.2, -0.15) is 0 Å². The van der Waals surface area contributed by atoms with E-state index in [4.69, 9.17) is 5.11 Å². The van der Waals surface area contributed by atoms with Crippen molar-refractivity contribution in [2.45, 2.75) is 13.8 Å². The van der Waals surface area contributed by atoms with Crippen LogP contribution in [0, 0.1) is 16.0 Å². The Morgan fingerprint density at radius 3 is 2.76 bits per heavy atom. The average molecular weight is 239 g/mol. The van der Waals surface area contributed by atoms with Crippen LogP contribution in [0.4, 0.5) is 11.5 Å². The zero-order valence-corrected chi connectivity index (χ0v) is 9.51. The highest BCUT2D eigenvalue weighted by atomic mass is 16.6. The number of nitrogens with one attached hydrogen (secondary N) is 1. The van der Waals surface area contributed by atoms with E-state index in [9.17, 15) is 14.9 Å². The summed E-state index contributed by atoms with van der Waals surface area (Å²) < 4.78 is 0. The third-order valence-corrected chi connectivity index (χ3v) is 2.00. The Labute approximate surface area is 97.6 Å². The van der Waals surface area contributed by atoms with Gasteiger partial charge in [-0.15, -0.1) is 0 Å². The van der Waals surface area contributed by atoms with Crippen molar-refractivity contribution in [2.75, 3.05) is 11.9 Å². The normalized spacial score (nSPS) is 10.3. The highest BCUT2D eigenvalue weighted by Gasteiger charge is 2.20. The molecule has 92 valence electrons. The Kier molecular flexibility index (Phi) is 3.97. The number of carboxylic acids is 1. The lowest BCUT2D eigenvalue weighted by Gasteiger charge is -2.08. The Bertz CT molecular complexity index is 445. The first-order valence-electron chi connectivity index (χ1n) is 5.03. The van der Waals surface area contributed by atoms with Gasteiger partial charge in [-0.25, -0.2) is 9.78 Å². The first-order valence-corrected chi connectivity index (χ1v) is 5.03. The second kappa shape index (κ2) is 5.24. The maximum atomic E-state index is 10.9. The van der Waals surface area contributed by atoms with Gasteiger partial charge in [0.05, 0.1) is 4.92 Å². The molecule has 0 amide bonds. The summed E-state index contributed by atoms with van der Waals surface area (Å²) in [4.78, 5) is 24.5. The molecule has 0 atom stereocenters. The Morgan fingerprint density at radius 2 is 2.29 bits per heavy atom. The smallest absolute Gasteiger partial charge is 0.342 e. The molecule has 0 aliphatic rings. The molecule has 1 aromatic heterocycles. The molecule has 0 aliphatic heterocycles. The molecule has 2 N–H and O–H groups in total. The van der Waals surface area contributed by atoms with Crippen LogP contribution in [-0.4, -0.2) is 27.5 Å². The third-order valence-electron chi connectivity index (χ3n) is 2.00. The molecular weight excluding hydrogens is 226 g/mol. The molecule has 0 spiro atoms. The van der Waals surface area contributed by atoms with Crippen LogP contribution in [0.5, 0.6) is 0 Å². The van der Waals surface area contributed by atoms with Gasteiger partial charge in [-0.1, -0.05) is 13.8 Å². The Hall–Kier alpha value is -2.18. The van der Waals surface area contributed by atoms with Crippen LogP contribution in [-0.2, 0) is 0 Å². The molecule has 1 rings (SSSR count). The molecule has 1 aromatic rings. The summed E-state index contributed by atoms with van der Waals surface area (Å²) in [5.41, 5.74) is -0.871. The van der Waals surface area contributed by atoms with E-state index in [1.165, 1.54) is 6.07 Å². The predicted molar refractivity (Wildman–Crippen MR) is 61.2 cm³/mol. The zero-order valence-electron chi connectivity index (χ0n) is 9.51. The first-order chi connectivity index (χ1) is 7.91. The summed E-state index contributed by atoms with van der Waals surface area (Å²) in [6.45, 7) is 4.58. The van der Waals surface area contributed by atoms with Gasteiger partial charge < -0.3 is 10.4 Å². The lowest BCUT2D eigenvalue weighted by atomic mass is 10.2. The quantitative estimate of drug-likeness (QED) is 0.599. The standard InChI is InChI=1S/C10H13N3O4/c1-6(2)4-11-9-3-7(10(14)15)8(5-12-9)13(16)17/h3,5-6H,4H2,1-2H3,(H,11,12)(H,14,15). The van der Waals surface area contributed by atoms with Crippen LogP contribution in [0.2, 0.25) is 0 Å². The van der Waals surface area contributed by atoms with E-state index in [0.717, 1.165) is 6.20 Å². The molecule has 17 heavy (non-hydrogen) atoms. The van der Waals surface area contributed by atoms with Crippen molar-refractivity contribution in [1.29, 1.82) is 0 Å². The number of aromatic carboxylic acids is 1.